The van der Waals surface area contributed by atoms with E-state index in [2.05, 4.69) is 36.4 Å². The average Bonchev–Trinajstić information content (AvgIpc) is 2.29. The molecule has 0 aliphatic rings. The van der Waals surface area contributed by atoms with Crippen LogP contribution in [0.4, 0.5) is 0 Å². The van der Waals surface area contributed by atoms with E-state index < -0.39 is 0 Å². The summed E-state index contributed by atoms with van der Waals surface area (Å²) in [6, 6.07) is 20.6. The minimum atomic E-state index is 0. The largest absolute Gasteiger partial charge is 1.00 e. The number of hydrogen-bond acceptors (Lipinski definition) is 0. The van der Waals surface area contributed by atoms with Crippen molar-refractivity contribution in [3.8, 4) is 0 Å². The van der Waals surface area contributed by atoms with E-state index in [4.69, 9.17) is 0 Å². The zero-order valence-electron chi connectivity index (χ0n) is 9.93. The Morgan fingerprint density at radius 3 is 1.27 bits per heavy atom. The maximum atomic E-state index is 2.12. The summed E-state index contributed by atoms with van der Waals surface area (Å²) >= 11 is 0. The fourth-order valence-corrected chi connectivity index (χ4v) is 1.32. The number of benzene rings is 2. The molecule has 0 amide bonds. The maximum Gasteiger partial charge on any atom is 1.00 e. The minimum absolute atomic E-state index is 0. The third kappa shape index (κ3) is 4.05. The van der Waals surface area contributed by atoms with Crippen LogP contribution in [0.25, 0.3) is 12.2 Å². The second-order valence-electron chi connectivity index (χ2n) is 3.15. The van der Waals surface area contributed by atoms with Gasteiger partial charge in [0.2, 0.25) is 0 Å². The molecule has 0 bridgehead atoms. The maximum absolute atomic E-state index is 2.12. The Kier molecular flexibility index (Phi) is 5.41. The molecule has 0 aromatic heterocycles. The number of rotatable bonds is 2. The molecule has 0 N–H and O–H groups in total. The van der Waals surface area contributed by atoms with Gasteiger partial charge in [0.25, 0.3) is 0 Å². The molecule has 0 aliphatic heterocycles. The summed E-state index contributed by atoms with van der Waals surface area (Å²) in [5.41, 5.74) is 2.47. The molecule has 0 heterocycles. The molecular formula is C14H13Na. The zero-order valence-corrected chi connectivity index (χ0v) is 10.9. The van der Waals surface area contributed by atoms with Crippen molar-refractivity contribution in [1.82, 2.24) is 0 Å². The van der Waals surface area contributed by atoms with Gasteiger partial charge in [-0.3, -0.25) is 0 Å². The molecular weight excluding hydrogens is 191 g/mol. The molecule has 0 radical (unpaired) electrons. The van der Waals surface area contributed by atoms with Crippen LogP contribution in [-0.4, -0.2) is 0 Å². The molecule has 0 aliphatic carbocycles. The Bertz CT molecular complexity index is 368. The molecule has 0 fully saturated rings. The van der Waals surface area contributed by atoms with Crippen molar-refractivity contribution in [1.29, 1.82) is 0 Å². The van der Waals surface area contributed by atoms with E-state index in [0.717, 1.165) is 0 Å². The van der Waals surface area contributed by atoms with Gasteiger partial charge < -0.3 is 1.43 Å². The first-order valence-corrected chi connectivity index (χ1v) is 4.73. The Balaban J connectivity index is 0.00000112. The van der Waals surface area contributed by atoms with Gasteiger partial charge >= 0.3 is 29.6 Å². The van der Waals surface area contributed by atoms with E-state index in [1.54, 1.807) is 0 Å². The Labute approximate surface area is 114 Å². The van der Waals surface area contributed by atoms with Gasteiger partial charge in [-0.05, 0) is 11.1 Å². The molecule has 0 spiro atoms. The smallest absolute Gasteiger partial charge is 1.00 e. The third-order valence-electron chi connectivity index (χ3n) is 2.07. The van der Waals surface area contributed by atoms with E-state index in [0.29, 0.717) is 0 Å². The first-order valence-electron chi connectivity index (χ1n) is 4.73. The van der Waals surface area contributed by atoms with Crippen molar-refractivity contribution < 1.29 is 31.0 Å². The summed E-state index contributed by atoms with van der Waals surface area (Å²) in [6.45, 7) is 0. The topological polar surface area (TPSA) is 0 Å². The van der Waals surface area contributed by atoms with Gasteiger partial charge in [-0.15, -0.1) is 0 Å². The molecule has 0 atom stereocenters. The van der Waals surface area contributed by atoms with Crippen LogP contribution in [0, 0.1) is 0 Å². The van der Waals surface area contributed by atoms with Crippen molar-refractivity contribution in [3.05, 3.63) is 71.8 Å². The average molecular weight is 204 g/mol. The van der Waals surface area contributed by atoms with Crippen molar-refractivity contribution in [3.63, 3.8) is 0 Å². The summed E-state index contributed by atoms with van der Waals surface area (Å²) in [5, 5.41) is 0. The predicted molar refractivity (Wildman–Crippen MR) is 62.9 cm³/mol. The monoisotopic (exact) mass is 204 g/mol. The first kappa shape index (κ1) is 12.3. The van der Waals surface area contributed by atoms with E-state index in [-0.39, 0.29) is 31.0 Å². The summed E-state index contributed by atoms with van der Waals surface area (Å²) < 4.78 is 0. The van der Waals surface area contributed by atoms with Crippen molar-refractivity contribution in [2.24, 2.45) is 0 Å². The summed E-state index contributed by atoms with van der Waals surface area (Å²) in [7, 11) is 0. The van der Waals surface area contributed by atoms with Gasteiger partial charge in [0, 0.05) is 0 Å². The third-order valence-corrected chi connectivity index (χ3v) is 2.07. The van der Waals surface area contributed by atoms with Crippen LogP contribution in [0.1, 0.15) is 12.6 Å². The van der Waals surface area contributed by atoms with Crippen molar-refractivity contribution in [2.45, 2.75) is 0 Å². The van der Waals surface area contributed by atoms with Crippen LogP contribution in [0.5, 0.6) is 0 Å². The van der Waals surface area contributed by atoms with Crippen LogP contribution in [0.3, 0.4) is 0 Å². The van der Waals surface area contributed by atoms with Gasteiger partial charge in [-0.2, -0.15) is 0 Å². The van der Waals surface area contributed by atoms with E-state index >= 15 is 0 Å². The van der Waals surface area contributed by atoms with Gasteiger partial charge in [-0.1, -0.05) is 72.8 Å². The molecule has 0 saturated carbocycles. The molecule has 0 nitrogen and oxygen atoms in total. The number of hydrogen-bond donors (Lipinski definition) is 0. The molecule has 2 aromatic rings. The van der Waals surface area contributed by atoms with E-state index in [1.807, 2.05) is 36.4 Å². The first-order chi connectivity index (χ1) is 6.95. The van der Waals surface area contributed by atoms with Crippen molar-refractivity contribution >= 4 is 12.2 Å². The van der Waals surface area contributed by atoms with Crippen molar-refractivity contribution in [2.75, 3.05) is 0 Å². The second-order valence-corrected chi connectivity index (χ2v) is 3.15. The van der Waals surface area contributed by atoms with E-state index in [9.17, 15) is 0 Å². The van der Waals surface area contributed by atoms with Crippen LogP contribution in [-0.2, 0) is 0 Å². The fourth-order valence-electron chi connectivity index (χ4n) is 1.32. The predicted octanol–water partition coefficient (Wildman–Crippen LogP) is 0.974. The SMILES string of the molecule is C(=C\c1ccccc1)/c1ccccc1.[H-].[Na+]. The summed E-state index contributed by atoms with van der Waals surface area (Å²) in [5.74, 6) is 0. The zero-order chi connectivity index (χ0) is 9.64. The summed E-state index contributed by atoms with van der Waals surface area (Å²) in [6.07, 6.45) is 4.24. The second kappa shape index (κ2) is 6.62. The van der Waals surface area contributed by atoms with Gasteiger partial charge in [-0.25, -0.2) is 0 Å². The summed E-state index contributed by atoms with van der Waals surface area (Å²) in [4.78, 5) is 0. The molecule has 2 aromatic carbocycles. The standard InChI is InChI=1S/C14H12.Na.H/c1-3-7-13(8-4-1)11-12-14-9-5-2-6-10-14;;/h1-12H;;/q;+1;-1/b12-11+;;. The Morgan fingerprint density at radius 1 is 0.600 bits per heavy atom. The quantitative estimate of drug-likeness (QED) is 0.505. The molecule has 70 valence electrons. The van der Waals surface area contributed by atoms with Crippen LogP contribution >= 0.6 is 0 Å². The van der Waals surface area contributed by atoms with Crippen LogP contribution < -0.4 is 29.6 Å². The molecule has 0 saturated heterocycles. The Morgan fingerprint density at radius 2 is 0.933 bits per heavy atom. The van der Waals surface area contributed by atoms with Crippen LogP contribution in [0.2, 0.25) is 0 Å². The molecule has 15 heavy (non-hydrogen) atoms. The normalized spacial score (nSPS) is 9.87. The molecule has 1 heteroatoms. The van der Waals surface area contributed by atoms with Crippen LogP contribution in [0.15, 0.2) is 60.7 Å². The Hall–Kier alpha value is -0.820. The molecule has 2 rings (SSSR count). The fraction of sp³-hybridized carbons (Fsp3) is 0. The van der Waals surface area contributed by atoms with Gasteiger partial charge in [0.1, 0.15) is 0 Å². The van der Waals surface area contributed by atoms with Gasteiger partial charge in [0.15, 0.2) is 0 Å². The van der Waals surface area contributed by atoms with E-state index in [1.165, 1.54) is 11.1 Å². The minimum Gasteiger partial charge on any atom is -1.00 e. The molecule has 0 unspecified atom stereocenters. The van der Waals surface area contributed by atoms with Gasteiger partial charge in [0.05, 0.1) is 0 Å².